The Morgan fingerprint density at radius 3 is 2.09 bits per heavy atom. The molecule has 2 aromatic carbocycles. The summed E-state index contributed by atoms with van der Waals surface area (Å²) in [5.74, 6) is 3.33. The van der Waals surface area contributed by atoms with Crippen molar-refractivity contribution in [2.45, 2.75) is 103 Å². The highest BCUT2D eigenvalue weighted by Gasteiger charge is 2.43. The summed E-state index contributed by atoms with van der Waals surface area (Å²) >= 11 is 0. The first-order valence-electron chi connectivity index (χ1n) is 17.4. The van der Waals surface area contributed by atoms with Crippen LogP contribution in [-0.4, -0.2) is 85.0 Å². The minimum atomic E-state index is 0. The molecule has 4 bridgehead atoms. The number of carbonyl (C=O) groups excluding carboxylic acids is 1. The fourth-order valence-corrected chi connectivity index (χ4v) is 9.97. The first-order valence-corrected chi connectivity index (χ1v) is 17.4. The van der Waals surface area contributed by atoms with Crippen LogP contribution in [0.3, 0.4) is 0 Å². The first-order chi connectivity index (χ1) is 20.7. The predicted octanol–water partition coefficient (Wildman–Crippen LogP) is 7.14. The molecule has 1 amide bonds. The van der Waals surface area contributed by atoms with Crippen LogP contribution in [0.2, 0.25) is 0 Å². The minimum Gasteiger partial charge on any atom is -0.333 e. The number of piperidine rings is 6. The van der Waals surface area contributed by atoms with Gasteiger partial charge in [-0.25, -0.2) is 0 Å². The third-order valence-electron chi connectivity index (χ3n) is 12.3. The maximum absolute atomic E-state index is 13.1. The van der Waals surface area contributed by atoms with Gasteiger partial charge in [-0.1, -0.05) is 51.3 Å². The molecular formula is C39H59ClN4O. The molecule has 1 unspecified atom stereocenters. The second-order valence-corrected chi connectivity index (χ2v) is 14.6. The fourth-order valence-electron chi connectivity index (χ4n) is 9.97. The van der Waals surface area contributed by atoms with E-state index in [1.807, 2.05) is 0 Å². The van der Waals surface area contributed by atoms with E-state index in [2.05, 4.69) is 62.5 Å². The van der Waals surface area contributed by atoms with Crippen LogP contribution < -0.4 is 5.32 Å². The smallest absolute Gasteiger partial charge is 0.254 e. The van der Waals surface area contributed by atoms with Gasteiger partial charge >= 0.3 is 0 Å². The van der Waals surface area contributed by atoms with Crippen molar-refractivity contribution in [1.82, 2.24) is 20.0 Å². The Hall–Kier alpha value is -1.92. The van der Waals surface area contributed by atoms with Crippen molar-refractivity contribution < 1.29 is 4.79 Å². The van der Waals surface area contributed by atoms with E-state index in [1.54, 1.807) is 11.1 Å². The van der Waals surface area contributed by atoms with Crippen LogP contribution in [0.5, 0.6) is 0 Å². The van der Waals surface area contributed by atoms with Crippen LogP contribution in [0.1, 0.15) is 111 Å². The maximum Gasteiger partial charge on any atom is 0.254 e. The monoisotopic (exact) mass is 634 g/mol. The molecule has 7 heterocycles. The number of benzene rings is 2. The highest BCUT2D eigenvalue weighted by Crippen LogP contribution is 2.41. The summed E-state index contributed by atoms with van der Waals surface area (Å²) in [7, 11) is 0. The predicted molar refractivity (Wildman–Crippen MR) is 190 cm³/mol. The van der Waals surface area contributed by atoms with E-state index < -0.39 is 0 Å². The summed E-state index contributed by atoms with van der Waals surface area (Å²) < 4.78 is 0. The Morgan fingerprint density at radius 1 is 0.711 bits per heavy atom. The number of amides is 1. The van der Waals surface area contributed by atoms with Crippen molar-refractivity contribution in [3.8, 4) is 0 Å². The van der Waals surface area contributed by atoms with Crippen LogP contribution in [0.15, 0.2) is 42.5 Å². The molecule has 11 rings (SSSR count). The molecule has 6 saturated heterocycles. The van der Waals surface area contributed by atoms with Gasteiger partial charge in [-0.15, -0.1) is 12.4 Å². The zero-order chi connectivity index (χ0) is 28.0. The molecule has 0 radical (unpaired) electrons. The Kier molecular flexibility index (Phi) is 11.4. The highest BCUT2D eigenvalue weighted by atomic mass is 35.5. The molecule has 2 aliphatic carbocycles. The van der Waals surface area contributed by atoms with E-state index in [1.165, 1.54) is 108 Å². The molecule has 6 fully saturated rings. The van der Waals surface area contributed by atoms with Crippen LogP contribution >= 0.6 is 12.4 Å². The van der Waals surface area contributed by atoms with Crippen LogP contribution in [0, 0.1) is 11.8 Å². The minimum absolute atomic E-state index is 0. The number of halogens is 1. The lowest BCUT2D eigenvalue weighted by Crippen LogP contribution is -2.60. The largest absolute Gasteiger partial charge is 0.333 e. The maximum atomic E-state index is 13.1. The zero-order valence-electron chi connectivity index (χ0n) is 25.9. The van der Waals surface area contributed by atoms with Gasteiger partial charge in [-0.3, -0.25) is 4.79 Å². The van der Waals surface area contributed by atoms with Gasteiger partial charge in [-0.2, -0.15) is 0 Å². The van der Waals surface area contributed by atoms with Crippen molar-refractivity contribution in [2.75, 3.05) is 52.4 Å². The standard InChI is InChI=1S/C19H24N2O.C18H26N2.2CH4.ClH/c22-19-16-6-2-4-14-3-1-5-15(18(14)16)11-21(19)17-12-20-9-7-13(17)8-10-20;1-2-7-17-14(4-1)5-3-6-16(17)12-19-18-13-20-10-8-15(18)9-11-20;;;/h2,4,6,13,15,17H,1,3,5,7-12H2;1-2,4,7,15-16,18-19H,3,5-6,8-13H2;2*1H4;1H/t15-,17-;16?,18-;;;/m11.../s1. The molecule has 2 aromatic rings. The van der Waals surface area contributed by atoms with E-state index in [0.717, 1.165) is 48.9 Å². The van der Waals surface area contributed by atoms with Crippen LogP contribution in [-0.2, 0) is 12.8 Å². The molecule has 4 atom stereocenters. The molecule has 5 nitrogen and oxygen atoms in total. The fraction of sp³-hybridized carbons (Fsp3) is 0.667. The molecule has 0 aromatic heterocycles. The van der Waals surface area contributed by atoms with Gasteiger partial charge in [0.25, 0.3) is 5.91 Å². The second-order valence-electron chi connectivity index (χ2n) is 14.6. The van der Waals surface area contributed by atoms with Crippen molar-refractivity contribution in [3.05, 3.63) is 70.3 Å². The lowest BCUT2D eigenvalue weighted by atomic mass is 9.75. The topological polar surface area (TPSA) is 38.8 Å². The van der Waals surface area contributed by atoms with E-state index in [0.29, 0.717) is 17.9 Å². The lowest BCUT2D eigenvalue weighted by Gasteiger charge is -2.51. The molecule has 0 saturated carbocycles. The summed E-state index contributed by atoms with van der Waals surface area (Å²) in [6, 6.07) is 16.7. The average Bonchev–Trinajstić information content (AvgIpc) is 3.07. The van der Waals surface area contributed by atoms with Gasteiger partial charge in [-0.05, 0) is 136 Å². The Bertz CT molecular complexity index is 1280. The Morgan fingerprint density at radius 2 is 1.38 bits per heavy atom. The van der Waals surface area contributed by atoms with Crippen molar-refractivity contribution in [2.24, 2.45) is 11.8 Å². The quantitative estimate of drug-likeness (QED) is 0.388. The molecule has 7 aliphatic heterocycles. The van der Waals surface area contributed by atoms with Gasteiger partial charge in [0.05, 0.1) is 0 Å². The number of hydrogen-bond acceptors (Lipinski definition) is 4. The number of nitrogens with zero attached hydrogens (tertiary/aromatic N) is 3. The lowest BCUT2D eigenvalue weighted by molar-refractivity contribution is 0.00258. The van der Waals surface area contributed by atoms with Gasteiger partial charge < -0.3 is 20.0 Å². The third kappa shape index (κ3) is 6.75. The molecule has 45 heavy (non-hydrogen) atoms. The van der Waals surface area contributed by atoms with Crippen molar-refractivity contribution in [1.29, 1.82) is 0 Å². The van der Waals surface area contributed by atoms with Gasteiger partial charge in [0.15, 0.2) is 0 Å². The normalized spacial score (nSPS) is 33.7. The van der Waals surface area contributed by atoms with Gasteiger partial charge in [0, 0.05) is 49.7 Å². The summed E-state index contributed by atoms with van der Waals surface area (Å²) in [6.07, 6.45) is 13.1. The Labute approximate surface area is 279 Å². The summed E-state index contributed by atoms with van der Waals surface area (Å²) in [5.41, 5.74) is 7.07. The van der Waals surface area contributed by atoms with Gasteiger partial charge in [0.2, 0.25) is 0 Å². The van der Waals surface area contributed by atoms with Gasteiger partial charge in [0.1, 0.15) is 0 Å². The van der Waals surface area contributed by atoms with Crippen molar-refractivity contribution in [3.63, 3.8) is 0 Å². The second kappa shape index (κ2) is 14.9. The summed E-state index contributed by atoms with van der Waals surface area (Å²) in [5, 5.41) is 3.92. The number of rotatable bonds is 4. The molecule has 0 spiro atoms. The molecular weight excluding hydrogens is 576 g/mol. The van der Waals surface area contributed by atoms with E-state index in [4.69, 9.17) is 0 Å². The first kappa shape index (κ1) is 34.4. The molecule has 9 aliphatic rings. The third-order valence-corrected chi connectivity index (χ3v) is 12.3. The molecule has 248 valence electrons. The SMILES string of the molecule is C.C.Cl.O=C1c2cccc3c2[C@H](CCC3)CN1[C@@H]1CN2CCC1CC2.c1ccc2c(c1)CCCC2CN[C@@H]1CN2CCC1CC2. The van der Waals surface area contributed by atoms with Crippen LogP contribution in [0.25, 0.3) is 0 Å². The summed E-state index contributed by atoms with van der Waals surface area (Å²) in [6.45, 7) is 9.73. The highest BCUT2D eigenvalue weighted by molar-refractivity contribution is 5.98. The number of aryl methyl sites for hydroxylation is 2. The zero-order valence-corrected chi connectivity index (χ0v) is 26.7. The number of nitrogens with one attached hydrogen (secondary N) is 1. The number of hydrogen-bond donors (Lipinski definition) is 1. The molecule has 1 N–H and O–H groups in total. The Balaban J connectivity index is 0.000000167. The average molecular weight is 635 g/mol. The van der Waals surface area contributed by atoms with Crippen LogP contribution in [0.4, 0.5) is 0 Å². The summed E-state index contributed by atoms with van der Waals surface area (Å²) in [4.78, 5) is 20.6. The van der Waals surface area contributed by atoms with E-state index in [-0.39, 0.29) is 27.3 Å². The number of carbonyl (C=O) groups is 1. The van der Waals surface area contributed by atoms with Crippen molar-refractivity contribution >= 4 is 18.3 Å². The number of fused-ring (bicyclic) bond motifs is 7. The van der Waals surface area contributed by atoms with E-state index >= 15 is 0 Å². The van der Waals surface area contributed by atoms with E-state index in [9.17, 15) is 4.79 Å². The molecule has 6 heteroatoms.